The van der Waals surface area contributed by atoms with Crippen LogP contribution in [0.5, 0.6) is 0 Å². The van der Waals surface area contributed by atoms with Crippen LogP contribution in [0.3, 0.4) is 0 Å². The van der Waals surface area contributed by atoms with E-state index < -0.39 is 35.1 Å². The summed E-state index contributed by atoms with van der Waals surface area (Å²) in [5, 5.41) is 0. The van der Waals surface area contributed by atoms with Crippen molar-refractivity contribution in [1.82, 2.24) is 4.90 Å². The van der Waals surface area contributed by atoms with Gasteiger partial charge in [0.15, 0.2) is 0 Å². The molecule has 1 aromatic carbocycles. The smallest absolute Gasteiger partial charge is 0.411 e. The van der Waals surface area contributed by atoms with E-state index in [-0.39, 0.29) is 19.0 Å². The maximum atomic E-state index is 13.3. The number of ether oxygens (including phenoxy) is 1. The van der Waals surface area contributed by atoms with Crippen LogP contribution in [0.4, 0.5) is 31.1 Å². The topological polar surface area (TPSA) is 55.6 Å². The summed E-state index contributed by atoms with van der Waals surface area (Å²) >= 11 is 0. The number of alkyl halides is 6. The quantitative estimate of drug-likeness (QED) is 0.504. The molecule has 0 fully saturated rings. The number of amides is 1. The third-order valence-electron chi connectivity index (χ3n) is 3.90. The molecule has 0 saturated carbocycles. The van der Waals surface area contributed by atoms with Crippen molar-refractivity contribution in [2.24, 2.45) is 5.73 Å². The van der Waals surface area contributed by atoms with Gasteiger partial charge in [-0.2, -0.15) is 26.3 Å². The standard InChI is InChI=1S/C16H22F3NO2.C4H8F3N.ClH/c1-14(2,3)22-13(21)20(15(4,5)16(17,18)19)11-12-9-7-6-8-10-12;1-3(2,8)4(5,6)7;/h6-10H,11H2,1-5H3;8H2,1-2H3;1H. The number of carbonyl (C=O) groups excluding carboxylic acids is 1. The van der Waals surface area contributed by atoms with E-state index in [0.29, 0.717) is 10.5 Å². The molecule has 182 valence electrons. The van der Waals surface area contributed by atoms with Crippen LogP contribution in [-0.4, -0.2) is 40.0 Å². The highest BCUT2D eigenvalue weighted by Crippen LogP contribution is 2.36. The third-order valence-corrected chi connectivity index (χ3v) is 3.90. The summed E-state index contributed by atoms with van der Waals surface area (Å²) in [6.07, 6.45) is -9.84. The van der Waals surface area contributed by atoms with Crippen LogP contribution in [0.25, 0.3) is 0 Å². The zero-order valence-corrected chi connectivity index (χ0v) is 19.4. The minimum Gasteiger partial charge on any atom is -0.444 e. The summed E-state index contributed by atoms with van der Waals surface area (Å²) in [4.78, 5) is 13.0. The first kappa shape index (κ1) is 31.5. The highest BCUT2D eigenvalue weighted by Gasteiger charge is 2.54. The second kappa shape index (κ2) is 10.8. The zero-order chi connectivity index (χ0) is 24.2. The largest absolute Gasteiger partial charge is 0.444 e. The third kappa shape index (κ3) is 10.5. The van der Waals surface area contributed by atoms with E-state index in [1.165, 1.54) is 0 Å². The van der Waals surface area contributed by atoms with Gasteiger partial charge in [0.05, 0.1) is 0 Å². The number of carbonyl (C=O) groups is 1. The van der Waals surface area contributed by atoms with Crippen molar-refractivity contribution < 1.29 is 35.9 Å². The van der Waals surface area contributed by atoms with Crippen molar-refractivity contribution >= 4 is 18.5 Å². The van der Waals surface area contributed by atoms with E-state index >= 15 is 0 Å². The molecule has 0 radical (unpaired) electrons. The van der Waals surface area contributed by atoms with E-state index in [1.54, 1.807) is 51.1 Å². The molecular weight excluding hydrogens is 450 g/mol. The van der Waals surface area contributed by atoms with Gasteiger partial charge in [-0.05, 0) is 54.0 Å². The lowest BCUT2D eigenvalue weighted by molar-refractivity contribution is -0.217. The van der Waals surface area contributed by atoms with E-state index in [2.05, 4.69) is 5.73 Å². The number of halogens is 7. The van der Waals surface area contributed by atoms with Gasteiger partial charge in [-0.1, -0.05) is 30.3 Å². The van der Waals surface area contributed by atoms with Crippen LogP contribution in [0.2, 0.25) is 0 Å². The van der Waals surface area contributed by atoms with Gasteiger partial charge in [-0.25, -0.2) is 4.79 Å². The van der Waals surface area contributed by atoms with Gasteiger partial charge in [0, 0.05) is 6.54 Å². The van der Waals surface area contributed by atoms with Crippen LogP contribution < -0.4 is 5.73 Å². The summed E-state index contributed by atoms with van der Waals surface area (Å²) in [7, 11) is 0. The monoisotopic (exact) mass is 480 g/mol. The molecule has 0 aliphatic carbocycles. The highest BCUT2D eigenvalue weighted by atomic mass is 35.5. The Balaban J connectivity index is 0. The first-order valence-electron chi connectivity index (χ1n) is 9.06. The van der Waals surface area contributed by atoms with Crippen molar-refractivity contribution in [2.75, 3.05) is 0 Å². The van der Waals surface area contributed by atoms with Crippen LogP contribution in [0, 0.1) is 0 Å². The molecule has 1 aromatic rings. The number of nitrogens with zero attached hydrogens (tertiary/aromatic N) is 1. The molecule has 0 aliphatic rings. The predicted octanol–water partition coefficient (Wildman–Crippen LogP) is 6.47. The number of benzene rings is 1. The van der Waals surface area contributed by atoms with Gasteiger partial charge in [-0.3, -0.25) is 4.90 Å². The van der Waals surface area contributed by atoms with Crippen LogP contribution in [-0.2, 0) is 11.3 Å². The molecule has 31 heavy (non-hydrogen) atoms. The van der Waals surface area contributed by atoms with E-state index in [9.17, 15) is 31.1 Å². The molecule has 4 nitrogen and oxygen atoms in total. The normalized spacial score (nSPS) is 12.8. The Kier molecular flexibility index (Phi) is 10.9. The number of rotatable bonds is 3. The van der Waals surface area contributed by atoms with Gasteiger partial charge in [0.1, 0.15) is 16.7 Å². The lowest BCUT2D eigenvalue weighted by Gasteiger charge is -2.40. The van der Waals surface area contributed by atoms with Gasteiger partial charge in [0.2, 0.25) is 0 Å². The first-order valence-corrected chi connectivity index (χ1v) is 9.06. The molecule has 0 heterocycles. The van der Waals surface area contributed by atoms with Gasteiger partial charge < -0.3 is 10.5 Å². The minimum atomic E-state index is -4.57. The Labute approximate surface area is 185 Å². The summed E-state index contributed by atoms with van der Waals surface area (Å²) in [6.45, 7) is 8.46. The van der Waals surface area contributed by atoms with Crippen LogP contribution in [0.1, 0.15) is 54.0 Å². The summed E-state index contributed by atoms with van der Waals surface area (Å²) in [5.41, 5.74) is 0.0180. The molecule has 1 rings (SSSR count). The fourth-order valence-corrected chi connectivity index (χ4v) is 1.73. The Morgan fingerprint density at radius 1 is 0.871 bits per heavy atom. The van der Waals surface area contributed by atoms with Crippen molar-refractivity contribution in [3.63, 3.8) is 0 Å². The second-order valence-corrected chi connectivity index (χ2v) is 8.83. The van der Waals surface area contributed by atoms with Crippen LogP contribution in [0.15, 0.2) is 30.3 Å². The number of hydrogen-bond acceptors (Lipinski definition) is 3. The zero-order valence-electron chi connectivity index (χ0n) is 18.6. The maximum absolute atomic E-state index is 13.3. The molecule has 0 spiro atoms. The highest BCUT2D eigenvalue weighted by molar-refractivity contribution is 5.85. The van der Waals surface area contributed by atoms with Gasteiger partial charge in [0.25, 0.3) is 0 Å². The van der Waals surface area contributed by atoms with Gasteiger partial charge in [-0.15, -0.1) is 12.4 Å². The predicted molar refractivity (Wildman–Crippen MR) is 110 cm³/mol. The van der Waals surface area contributed by atoms with Crippen molar-refractivity contribution in [3.8, 4) is 0 Å². The molecule has 0 aliphatic heterocycles. The van der Waals surface area contributed by atoms with Crippen LogP contribution >= 0.6 is 12.4 Å². The van der Waals surface area contributed by atoms with Gasteiger partial charge >= 0.3 is 18.4 Å². The second-order valence-electron chi connectivity index (χ2n) is 8.83. The molecule has 0 atom stereocenters. The molecule has 0 bridgehead atoms. The number of nitrogens with two attached hydrogens (primary N) is 1. The Hall–Kier alpha value is -1.68. The molecular formula is C20H31ClF6N2O2. The maximum Gasteiger partial charge on any atom is 0.411 e. The lowest BCUT2D eigenvalue weighted by Crippen LogP contribution is -2.57. The van der Waals surface area contributed by atoms with Crippen molar-refractivity contribution in [1.29, 1.82) is 0 Å². The molecule has 0 unspecified atom stereocenters. The molecule has 2 N–H and O–H groups in total. The average molecular weight is 481 g/mol. The van der Waals surface area contributed by atoms with E-state index in [4.69, 9.17) is 4.74 Å². The summed E-state index contributed by atoms with van der Waals surface area (Å²) in [6, 6.07) is 8.52. The Morgan fingerprint density at radius 3 is 1.55 bits per heavy atom. The molecule has 0 saturated heterocycles. The first-order chi connectivity index (χ1) is 13.1. The molecule has 11 heteroatoms. The summed E-state index contributed by atoms with van der Waals surface area (Å²) < 4.78 is 79.4. The lowest BCUT2D eigenvalue weighted by atomic mass is 10.0. The Morgan fingerprint density at radius 2 is 1.26 bits per heavy atom. The average Bonchev–Trinajstić information content (AvgIpc) is 2.49. The SMILES string of the molecule is CC(C)(C)OC(=O)N(Cc1ccccc1)C(C)(C)C(F)(F)F.CC(C)(N)C(F)(F)F.Cl. The van der Waals surface area contributed by atoms with E-state index in [0.717, 1.165) is 27.7 Å². The minimum absolute atomic E-state index is 0. The van der Waals surface area contributed by atoms with Crippen molar-refractivity contribution in [2.45, 2.75) is 84.0 Å². The van der Waals surface area contributed by atoms with E-state index in [1.807, 2.05) is 0 Å². The number of hydrogen-bond donors (Lipinski definition) is 1. The fraction of sp³-hybridized carbons (Fsp3) is 0.650. The fourth-order valence-electron chi connectivity index (χ4n) is 1.73. The molecule has 0 aromatic heterocycles. The summed E-state index contributed by atoms with van der Waals surface area (Å²) in [5.74, 6) is 0. The Bertz CT molecular complexity index is 666. The molecule has 1 amide bonds. The van der Waals surface area contributed by atoms with Crippen molar-refractivity contribution in [3.05, 3.63) is 35.9 Å².